The number of aryl methyl sites for hydroxylation is 2. The van der Waals surface area contributed by atoms with Crippen LogP contribution in [-0.4, -0.2) is 16.5 Å². The van der Waals surface area contributed by atoms with E-state index in [1.165, 1.54) is 23.1 Å². The topological polar surface area (TPSA) is 34.0 Å². The molecule has 1 heterocycles. The molecule has 4 aromatic rings. The van der Waals surface area contributed by atoms with Crippen molar-refractivity contribution in [1.82, 2.24) is 9.88 Å². The lowest BCUT2D eigenvalue weighted by Crippen LogP contribution is -2.33. The summed E-state index contributed by atoms with van der Waals surface area (Å²) in [5, 5.41) is 4.31. The third-order valence-electron chi connectivity index (χ3n) is 5.87. The predicted octanol–water partition coefficient (Wildman–Crippen LogP) is 5.90. The van der Waals surface area contributed by atoms with Crippen LogP contribution in [-0.2, 0) is 24.2 Å². The van der Waals surface area contributed by atoms with Crippen LogP contribution in [0.1, 0.15) is 36.5 Å². The number of amides is 1. The van der Waals surface area contributed by atoms with Gasteiger partial charge in [0.05, 0.1) is 0 Å². The molecule has 3 nitrogen and oxygen atoms in total. The van der Waals surface area contributed by atoms with Gasteiger partial charge in [-0.05, 0) is 61.1 Å². The quantitative estimate of drug-likeness (QED) is 0.354. The van der Waals surface area contributed by atoms with Gasteiger partial charge in [0.2, 0.25) is 5.91 Å². The van der Waals surface area contributed by atoms with Crippen molar-refractivity contribution in [2.45, 2.75) is 45.2 Å². The molecule has 4 heteroatoms. The molecule has 4 rings (SSSR count). The molecular formula is C28H29FN2O. The number of carbonyl (C=O) groups excluding carboxylic acids is 1. The van der Waals surface area contributed by atoms with Crippen molar-refractivity contribution in [2.24, 2.45) is 0 Å². The number of nitrogens with zero attached hydrogens (tertiary/aromatic N) is 1. The summed E-state index contributed by atoms with van der Waals surface area (Å²) >= 11 is 0. The normalized spacial score (nSPS) is 12.1. The molecule has 1 aromatic heterocycles. The van der Waals surface area contributed by atoms with Gasteiger partial charge in [-0.1, -0.05) is 60.7 Å². The van der Waals surface area contributed by atoms with E-state index < -0.39 is 0 Å². The van der Waals surface area contributed by atoms with Crippen LogP contribution in [0.5, 0.6) is 0 Å². The molecule has 0 aliphatic carbocycles. The number of benzene rings is 3. The van der Waals surface area contributed by atoms with Crippen LogP contribution >= 0.6 is 0 Å². The third-order valence-corrected chi connectivity index (χ3v) is 5.87. The van der Waals surface area contributed by atoms with Crippen LogP contribution in [0.15, 0.2) is 85.1 Å². The zero-order valence-electron chi connectivity index (χ0n) is 18.4. The first kappa shape index (κ1) is 21.8. The summed E-state index contributed by atoms with van der Waals surface area (Å²) in [6.45, 7) is 2.74. The Balaban J connectivity index is 1.36. The fourth-order valence-corrected chi connectivity index (χ4v) is 4.13. The van der Waals surface area contributed by atoms with Gasteiger partial charge in [-0.2, -0.15) is 0 Å². The second-order valence-corrected chi connectivity index (χ2v) is 8.42. The first-order chi connectivity index (χ1) is 15.6. The van der Waals surface area contributed by atoms with Crippen LogP contribution in [0.2, 0.25) is 0 Å². The highest BCUT2D eigenvalue weighted by Crippen LogP contribution is 2.24. The van der Waals surface area contributed by atoms with Gasteiger partial charge in [0.1, 0.15) is 5.82 Å². The molecule has 0 radical (unpaired) electrons. The van der Waals surface area contributed by atoms with E-state index >= 15 is 0 Å². The Labute approximate surface area is 188 Å². The number of carbonyl (C=O) groups is 1. The van der Waals surface area contributed by atoms with Gasteiger partial charge >= 0.3 is 0 Å². The molecule has 0 fully saturated rings. The van der Waals surface area contributed by atoms with Crippen molar-refractivity contribution >= 4 is 16.8 Å². The molecule has 0 saturated carbocycles. The van der Waals surface area contributed by atoms with Gasteiger partial charge in [0.15, 0.2) is 0 Å². The summed E-state index contributed by atoms with van der Waals surface area (Å²) in [5.41, 5.74) is 4.63. The average molecular weight is 429 g/mol. The zero-order valence-corrected chi connectivity index (χ0v) is 18.4. The molecular weight excluding hydrogens is 399 g/mol. The summed E-state index contributed by atoms with van der Waals surface area (Å²) in [4.78, 5) is 12.6. The van der Waals surface area contributed by atoms with Gasteiger partial charge in [-0.25, -0.2) is 4.39 Å². The standard InChI is InChI=1S/C28H29FN2O/c1-21(11-12-22-7-3-2-4-8-22)30-28(32)18-15-24-20-31(27-10-6-5-9-26(24)27)19-23-13-16-25(29)17-14-23/h2-10,13-14,16-17,20-21H,11-12,15,18-19H2,1H3,(H,30,32). The Bertz CT molecular complexity index is 1170. The number of nitrogens with one attached hydrogen (secondary N) is 1. The van der Waals surface area contributed by atoms with E-state index in [1.807, 2.05) is 42.5 Å². The number of aromatic nitrogens is 1. The van der Waals surface area contributed by atoms with E-state index in [2.05, 4.69) is 47.3 Å². The van der Waals surface area contributed by atoms with Crippen LogP contribution in [0.25, 0.3) is 10.9 Å². The first-order valence-corrected chi connectivity index (χ1v) is 11.2. The maximum Gasteiger partial charge on any atom is 0.220 e. The van der Waals surface area contributed by atoms with Crippen molar-refractivity contribution in [3.8, 4) is 0 Å². The monoisotopic (exact) mass is 428 g/mol. The number of para-hydroxylation sites is 1. The zero-order chi connectivity index (χ0) is 22.3. The third kappa shape index (κ3) is 5.64. The van der Waals surface area contributed by atoms with Crippen LogP contribution in [0.3, 0.4) is 0 Å². The molecule has 0 aliphatic rings. The summed E-state index contributed by atoms with van der Waals surface area (Å²) in [6.07, 6.45) is 5.15. The van der Waals surface area contributed by atoms with E-state index in [0.29, 0.717) is 19.4 Å². The molecule has 1 N–H and O–H groups in total. The smallest absolute Gasteiger partial charge is 0.220 e. The molecule has 3 aromatic carbocycles. The highest BCUT2D eigenvalue weighted by Gasteiger charge is 2.12. The molecule has 0 bridgehead atoms. The van der Waals surface area contributed by atoms with Gasteiger partial charge in [0.25, 0.3) is 0 Å². The number of hydrogen-bond acceptors (Lipinski definition) is 1. The van der Waals surface area contributed by atoms with Crippen molar-refractivity contribution in [3.63, 3.8) is 0 Å². The highest BCUT2D eigenvalue weighted by atomic mass is 19.1. The Morgan fingerprint density at radius 2 is 1.62 bits per heavy atom. The second-order valence-electron chi connectivity index (χ2n) is 8.42. The van der Waals surface area contributed by atoms with Crippen molar-refractivity contribution < 1.29 is 9.18 Å². The molecule has 0 aliphatic heterocycles. The van der Waals surface area contributed by atoms with E-state index in [1.54, 1.807) is 0 Å². The van der Waals surface area contributed by atoms with Gasteiger partial charge in [0, 0.05) is 36.1 Å². The Hall–Kier alpha value is -3.40. The van der Waals surface area contributed by atoms with E-state index in [-0.39, 0.29) is 17.8 Å². The van der Waals surface area contributed by atoms with E-state index in [4.69, 9.17) is 0 Å². The first-order valence-electron chi connectivity index (χ1n) is 11.2. The summed E-state index contributed by atoms with van der Waals surface area (Å²) in [6, 6.07) is 25.4. The minimum atomic E-state index is -0.226. The molecule has 164 valence electrons. The molecule has 32 heavy (non-hydrogen) atoms. The van der Waals surface area contributed by atoms with Crippen molar-refractivity contribution in [2.75, 3.05) is 0 Å². The van der Waals surface area contributed by atoms with Gasteiger partial charge in [-0.3, -0.25) is 4.79 Å². The van der Waals surface area contributed by atoms with Gasteiger partial charge < -0.3 is 9.88 Å². The van der Waals surface area contributed by atoms with E-state index in [0.717, 1.165) is 29.5 Å². The lowest BCUT2D eigenvalue weighted by atomic mass is 10.1. The highest BCUT2D eigenvalue weighted by molar-refractivity contribution is 5.85. The SMILES string of the molecule is CC(CCc1ccccc1)NC(=O)CCc1cn(Cc2ccc(F)cc2)c2ccccc12. The maximum atomic E-state index is 13.2. The Morgan fingerprint density at radius 3 is 2.41 bits per heavy atom. The van der Waals surface area contributed by atoms with Crippen LogP contribution in [0, 0.1) is 5.82 Å². The second kappa shape index (κ2) is 10.3. The lowest BCUT2D eigenvalue weighted by Gasteiger charge is -2.14. The molecule has 1 amide bonds. The number of fused-ring (bicyclic) bond motifs is 1. The number of hydrogen-bond donors (Lipinski definition) is 1. The molecule has 1 atom stereocenters. The number of rotatable bonds is 9. The minimum absolute atomic E-state index is 0.0842. The average Bonchev–Trinajstić information content (AvgIpc) is 3.16. The van der Waals surface area contributed by atoms with Gasteiger partial charge in [-0.15, -0.1) is 0 Å². The summed E-state index contributed by atoms with van der Waals surface area (Å²) in [7, 11) is 0. The summed E-state index contributed by atoms with van der Waals surface area (Å²) in [5.74, 6) is -0.142. The Kier molecular flexibility index (Phi) is 7.00. The maximum absolute atomic E-state index is 13.2. The lowest BCUT2D eigenvalue weighted by molar-refractivity contribution is -0.121. The van der Waals surface area contributed by atoms with E-state index in [9.17, 15) is 9.18 Å². The number of halogens is 1. The minimum Gasteiger partial charge on any atom is -0.354 e. The predicted molar refractivity (Wildman–Crippen MR) is 128 cm³/mol. The fourth-order valence-electron chi connectivity index (χ4n) is 4.13. The van der Waals surface area contributed by atoms with Crippen molar-refractivity contribution in [1.29, 1.82) is 0 Å². The molecule has 0 spiro atoms. The largest absolute Gasteiger partial charge is 0.354 e. The Morgan fingerprint density at radius 1 is 0.906 bits per heavy atom. The molecule has 1 unspecified atom stereocenters. The fraction of sp³-hybridized carbons (Fsp3) is 0.250. The van der Waals surface area contributed by atoms with Crippen molar-refractivity contribution in [3.05, 3.63) is 108 Å². The van der Waals surface area contributed by atoms with Crippen LogP contribution in [0.4, 0.5) is 4.39 Å². The summed E-state index contributed by atoms with van der Waals surface area (Å²) < 4.78 is 15.4. The van der Waals surface area contributed by atoms with Crippen LogP contribution < -0.4 is 5.32 Å². The molecule has 0 saturated heterocycles.